The third kappa shape index (κ3) is 1.42. The molecule has 0 fully saturated rings. The molecule has 0 bridgehead atoms. The molecule has 2 aromatic heterocycles. The third-order valence-corrected chi connectivity index (χ3v) is 1.95. The van der Waals surface area contributed by atoms with Gasteiger partial charge in [-0.2, -0.15) is 0 Å². The quantitative estimate of drug-likeness (QED) is 0.654. The van der Waals surface area contributed by atoms with Crippen LogP contribution in [0.25, 0.3) is 5.82 Å². The number of hydrogen-bond acceptors (Lipinski definition) is 3. The molecule has 0 aliphatic carbocycles. The first-order chi connectivity index (χ1) is 6.27. The van der Waals surface area contributed by atoms with Crippen molar-refractivity contribution < 1.29 is 0 Å². The first kappa shape index (κ1) is 7.91. The number of hydrogen-bond donors (Lipinski definition) is 0. The van der Waals surface area contributed by atoms with Crippen molar-refractivity contribution in [3.05, 3.63) is 36.3 Å². The minimum absolute atomic E-state index is 0.806. The molecule has 0 atom stereocenters. The van der Waals surface area contributed by atoms with E-state index in [1.165, 1.54) is 0 Å². The van der Waals surface area contributed by atoms with Crippen LogP contribution in [0.5, 0.6) is 0 Å². The molecule has 13 heavy (non-hydrogen) atoms. The maximum atomic E-state index is 4.38. The Balaban J connectivity index is 2.49. The SMILES string of the molecule is Cc1ncc(-n2ccnc2)nc1C. The lowest BCUT2D eigenvalue weighted by Crippen LogP contribution is -1.99. The van der Waals surface area contributed by atoms with Gasteiger partial charge < -0.3 is 0 Å². The summed E-state index contributed by atoms with van der Waals surface area (Å²) in [5.74, 6) is 0.806. The van der Waals surface area contributed by atoms with Crippen molar-refractivity contribution in [1.82, 2.24) is 19.5 Å². The van der Waals surface area contributed by atoms with Gasteiger partial charge in [0.05, 0.1) is 17.6 Å². The summed E-state index contributed by atoms with van der Waals surface area (Å²) in [5.41, 5.74) is 1.91. The number of imidazole rings is 1. The Hall–Kier alpha value is -1.71. The van der Waals surface area contributed by atoms with E-state index >= 15 is 0 Å². The molecule has 0 unspecified atom stereocenters. The fraction of sp³-hybridized carbons (Fsp3) is 0.222. The lowest BCUT2D eigenvalue weighted by molar-refractivity contribution is 0.930. The summed E-state index contributed by atoms with van der Waals surface area (Å²) in [6.07, 6.45) is 7.01. The molecule has 2 heterocycles. The van der Waals surface area contributed by atoms with Crippen LogP contribution in [0.1, 0.15) is 11.4 Å². The largest absolute Gasteiger partial charge is 0.289 e. The summed E-state index contributed by atoms with van der Waals surface area (Å²) >= 11 is 0. The second kappa shape index (κ2) is 2.97. The molecule has 66 valence electrons. The van der Waals surface area contributed by atoms with Gasteiger partial charge in [0.15, 0.2) is 5.82 Å². The first-order valence-corrected chi connectivity index (χ1v) is 4.06. The molecule has 0 aromatic carbocycles. The van der Waals surface area contributed by atoms with Crippen LogP contribution in [0.2, 0.25) is 0 Å². The lowest BCUT2D eigenvalue weighted by atomic mass is 10.3. The van der Waals surface area contributed by atoms with E-state index in [1.807, 2.05) is 24.6 Å². The van der Waals surface area contributed by atoms with E-state index < -0.39 is 0 Å². The van der Waals surface area contributed by atoms with E-state index in [1.54, 1.807) is 18.7 Å². The Bertz CT molecular complexity index is 406. The number of rotatable bonds is 1. The minimum Gasteiger partial charge on any atom is -0.289 e. The van der Waals surface area contributed by atoms with Gasteiger partial charge in [-0.15, -0.1) is 0 Å². The zero-order valence-electron chi connectivity index (χ0n) is 7.60. The van der Waals surface area contributed by atoms with Crippen LogP contribution >= 0.6 is 0 Å². The second-order valence-electron chi connectivity index (χ2n) is 2.87. The number of aromatic nitrogens is 4. The highest BCUT2D eigenvalue weighted by atomic mass is 15.1. The molecule has 0 aliphatic heterocycles. The van der Waals surface area contributed by atoms with Gasteiger partial charge >= 0.3 is 0 Å². The van der Waals surface area contributed by atoms with E-state index in [0.29, 0.717) is 0 Å². The van der Waals surface area contributed by atoms with Gasteiger partial charge in [0.1, 0.15) is 6.33 Å². The van der Waals surface area contributed by atoms with Crippen LogP contribution in [0.4, 0.5) is 0 Å². The molecular formula is C9H10N4. The van der Waals surface area contributed by atoms with Crippen molar-refractivity contribution in [2.24, 2.45) is 0 Å². The van der Waals surface area contributed by atoms with Crippen molar-refractivity contribution in [3.8, 4) is 5.82 Å². The highest BCUT2D eigenvalue weighted by Crippen LogP contribution is 2.05. The van der Waals surface area contributed by atoms with Crippen LogP contribution < -0.4 is 0 Å². The van der Waals surface area contributed by atoms with Crippen molar-refractivity contribution in [2.45, 2.75) is 13.8 Å². The summed E-state index contributed by atoms with van der Waals surface area (Å²) in [6, 6.07) is 0. The van der Waals surface area contributed by atoms with Crippen molar-refractivity contribution in [1.29, 1.82) is 0 Å². The van der Waals surface area contributed by atoms with Gasteiger partial charge in [0, 0.05) is 12.4 Å². The van der Waals surface area contributed by atoms with E-state index in [2.05, 4.69) is 15.0 Å². The normalized spacial score (nSPS) is 10.3. The predicted molar refractivity (Wildman–Crippen MR) is 48.6 cm³/mol. The highest BCUT2D eigenvalue weighted by molar-refractivity contribution is 5.22. The monoisotopic (exact) mass is 174 g/mol. The summed E-state index contributed by atoms with van der Waals surface area (Å²) in [6.45, 7) is 3.89. The van der Waals surface area contributed by atoms with Crippen LogP contribution in [0.3, 0.4) is 0 Å². The molecule has 0 radical (unpaired) electrons. The van der Waals surface area contributed by atoms with E-state index in [0.717, 1.165) is 17.2 Å². The van der Waals surface area contributed by atoms with Gasteiger partial charge in [0.25, 0.3) is 0 Å². The molecule has 4 nitrogen and oxygen atoms in total. The molecule has 4 heteroatoms. The van der Waals surface area contributed by atoms with Crippen molar-refractivity contribution in [2.75, 3.05) is 0 Å². The number of nitrogens with zero attached hydrogens (tertiary/aromatic N) is 4. The van der Waals surface area contributed by atoms with Gasteiger partial charge in [-0.25, -0.2) is 9.97 Å². The maximum Gasteiger partial charge on any atom is 0.156 e. The molecule has 0 N–H and O–H groups in total. The standard InChI is InChI=1S/C9H10N4/c1-7-8(2)12-9(5-11-7)13-4-3-10-6-13/h3-6H,1-2H3. The first-order valence-electron chi connectivity index (χ1n) is 4.06. The minimum atomic E-state index is 0.806. The highest BCUT2D eigenvalue weighted by Gasteiger charge is 1.99. The Morgan fingerprint density at radius 1 is 1.23 bits per heavy atom. The maximum absolute atomic E-state index is 4.38. The van der Waals surface area contributed by atoms with E-state index in [9.17, 15) is 0 Å². The Kier molecular flexibility index (Phi) is 1.81. The summed E-state index contributed by atoms with van der Waals surface area (Å²) in [7, 11) is 0. The fourth-order valence-corrected chi connectivity index (χ4v) is 1.05. The zero-order chi connectivity index (χ0) is 9.26. The second-order valence-corrected chi connectivity index (χ2v) is 2.87. The average molecular weight is 174 g/mol. The summed E-state index contributed by atoms with van der Waals surface area (Å²) < 4.78 is 1.83. The predicted octanol–water partition coefficient (Wildman–Crippen LogP) is 1.28. The Morgan fingerprint density at radius 3 is 2.69 bits per heavy atom. The summed E-state index contributed by atoms with van der Waals surface area (Å²) in [5, 5.41) is 0. The molecule has 0 saturated heterocycles. The van der Waals surface area contributed by atoms with Crippen LogP contribution in [0, 0.1) is 13.8 Å². The molecule has 0 saturated carbocycles. The van der Waals surface area contributed by atoms with E-state index in [-0.39, 0.29) is 0 Å². The van der Waals surface area contributed by atoms with Gasteiger partial charge in [-0.1, -0.05) is 0 Å². The molecule has 0 spiro atoms. The fourth-order valence-electron chi connectivity index (χ4n) is 1.05. The smallest absolute Gasteiger partial charge is 0.156 e. The molecule has 2 rings (SSSR count). The van der Waals surface area contributed by atoms with Gasteiger partial charge in [0.2, 0.25) is 0 Å². The lowest BCUT2D eigenvalue weighted by Gasteiger charge is -2.02. The van der Waals surface area contributed by atoms with Gasteiger partial charge in [-0.05, 0) is 13.8 Å². The van der Waals surface area contributed by atoms with Crippen LogP contribution in [-0.4, -0.2) is 19.5 Å². The van der Waals surface area contributed by atoms with Gasteiger partial charge in [-0.3, -0.25) is 9.55 Å². The van der Waals surface area contributed by atoms with Crippen molar-refractivity contribution >= 4 is 0 Å². The van der Waals surface area contributed by atoms with Crippen LogP contribution in [-0.2, 0) is 0 Å². The zero-order valence-corrected chi connectivity index (χ0v) is 7.60. The van der Waals surface area contributed by atoms with Crippen LogP contribution in [0.15, 0.2) is 24.9 Å². The molecule has 0 aliphatic rings. The Labute approximate surface area is 76.3 Å². The number of aryl methyl sites for hydroxylation is 2. The molecule has 0 amide bonds. The Morgan fingerprint density at radius 2 is 2.08 bits per heavy atom. The molecular weight excluding hydrogens is 164 g/mol. The molecule has 2 aromatic rings. The average Bonchev–Trinajstić information content (AvgIpc) is 2.62. The summed E-state index contributed by atoms with van der Waals surface area (Å²) in [4.78, 5) is 12.5. The van der Waals surface area contributed by atoms with Crippen molar-refractivity contribution in [3.63, 3.8) is 0 Å². The van der Waals surface area contributed by atoms with E-state index in [4.69, 9.17) is 0 Å². The third-order valence-electron chi connectivity index (χ3n) is 1.95. The topological polar surface area (TPSA) is 43.6 Å².